The fourth-order valence-corrected chi connectivity index (χ4v) is 4.84. The minimum atomic E-state index is 0.340. The highest BCUT2D eigenvalue weighted by atomic mass is 35.5. The van der Waals surface area contributed by atoms with Gasteiger partial charge in [0.2, 0.25) is 0 Å². The summed E-state index contributed by atoms with van der Waals surface area (Å²) in [7, 11) is 0. The number of rotatable bonds is 3. The summed E-state index contributed by atoms with van der Waals surface area (Å²) >= 11 is 6.19. The van der Waals surface area contributed by atoms with Crippen LogP contribution in [0.25, 0.3) is 16.8 Å². The predicted molar refractivity (Wildman–Crippen MR) is 121 cm³/mol. The summed E-state index contributed by atoms with van der Waals surface area (Å²) in [5.41, 5.74) is 10.8. The van der Waals surface area contributed by atoms with Crippen molar-refractivity contribution >= 4 is 22.8 Å². The second kappa shape index (κ2) is 6.93. The van der Waals surface area contributed by atoms with Gasteiger partial charge in [0, 0.05) is 10.6 Å². The molecule has 5 rings (SSSR count). The molecular weight excluding hydrogens is 378 g/mol. The Morgan fingerprint density at radius 3 is 2.66 bits per heavy atom. The zero-order chi connectivity index (χ0) is 20.1. The maximum atomic E-state index is 6.19. The van der Waals surface area contributed by atoms with E-state index in [4.69, 9.17) is 16.7 Å². The summed E-state index contributed by atoms with van der Waals surface area (Å²) in [5.74, 6) is 0. The zero-order valence-electron chi connectivity index (χ0n) is 17.0. The third-order valence-electron chi connectivity index (χ3n) is 5.96. The lowest BCUT2D eigenvalue weighted by Gasteiger charge is -2.17. The Morgan fingerprint density at radius 1 is 1.00 bits per heavy atom. The first kappa shape index (κ1) is 18.3. The second-order valence-electron chi connectivity index (χ2n) is 8.07. The molecule has 0 radical (unpaired) electrons. The minimum absolute atomic E-state index is 0.340. The van der Waals surface area contributed by atoms with Gasteiger partial charge in [0.1, 0.15) is 0 Å². The monoisotopic (exact) mass is 401 g/mol. The van der Waals surface area contributed by atoms with Crippen molar-refractivity contribution in [2.75, 3.05) is 5.32 Å². The maximum absolute atomic E-state index is 6.19. The number of anilines is 1. The van der Waals surface area contributed by atoms with Gasteiger partial charge in [0.05, 0.1) is 28.6 Å². The number of aromatic nitrogens is 2. The number of nitrogens with one attached hydrogen (secondary N) is 1. The molecule has 0 saturated carbocycles. The van der Waals surface area contributed by atoms with E-state index in [1.54, 1.807) is 0 Å². The average molecular weight is 402 g/mol. The van der Waals surface area contributed by atoms with Crippen LogP contribution in [0.1, 0.15) is 40.4 Å². The molecule has 1 N–H and O–H groups in total. The van der Waals surface area contributed by atoms with Gasteiger partial charge in [-0.1, -0.05) is 41.9 Å². The van der Waals surface area contributed by atoms with Gasteiger partial charge < -0.3 is 5.32 Å². The van der Waals surface area contributed by atoms with E-state index in [1.807, 2.05) is 12.1 Å². The predicted octanol–water partition coefficient (Wildman–Crippen LogP) is 6.68. The van der Waals surface area contributed by atoms with Crippen LogP contribution in [0.5, 0.6) is 0 Å². The topological polar surface area (TPSA) is 29.3 Å². The summed E-state index contributed by atoms with van der Waals surface area (Å²) in [4.78, 5) is 0. The number of nitrogens with zero attached hydrogens (tertiary/aromatic N) is 2. The molecule has 0 saturated heterocycles. The normalized spacial score (nSPS) is 15.7. The van der Waals surface area contributed by atoms with Crippen LogP contribution in [0.2, 0.25) is 5.02 Å². The Labute approximate surface area is 176 Å². The van der Waals surface area contributed by atoms with Crippen LogP contribution in [-0.4, -0.2) is 9.61 Å². The summed E-state index contributed by atoms with van der Waals surface area (Å²) in [6.07, 6.45) is 2.25. The molecule has 1 aliphatic carbocycles. The van der Waals surface area contributed by atoms with Crippen molar-refractivity contribution in [3.8, 4) is 11.3 Å². The summed E-state index contributed by atoms with van der Waals surface area (Å²) < 4.78 is 2.09. The largest absolute Gasteiger partial charge is 0.376 e. The third-order valence-corrected chi connectivity index (χ3v) is 6.19. The van der Waals surface area contributed by atoms with Crippen LogP contribution < -0.4 is 5.32 Å². The van der Waals surface area contributed by atoms with Gasteiger partial charge in [-0.2, -0.15) is 5.10 Å². The number of halogens is 1. The standard InChI is InChI=1S/C25H24ClN3/c1-15-12-19(26)9-10-20(15)25-16(2)13-24-23(14-17(3)28-29(24)25)27-22-11-8-18-6-4-5-7-21(18)22/h4-7,9-10,12-14,22,27H,8,11H2,1-3H3/t22-/m0/s1. The summed E-state index contributed by atoms with van der Waals surface area (Å²) in [5, 5.41) is 9.43. The van der Waals surface area contributed by atoms with Crippen LogP contribution in [0, 0.1) is 20.8 Å². The lowest BCUT2D eigenvalue weighted by atomic mass is 10.0. The van der Waals surface area contributed by atoms with Gasteiger partial charge in [0.25, 0.3) is 0 Å². The van der Waals surface area contributed by atoms with Crippen molar-refractivity contribution in [2.24, 2.45) is 0 Å². The fourth-order valence-electron chi connectivity index (χ4n) is 4.62. The highest BCUT2D eigenvalue weighted by Gasteiger charge is 2.23. The summed E-state index contributed by atoms with van der Waals surface area (Å²) in [6, 6.07) is 19.6. The number of hydrogen-bond donors (Lipinski definition) is 1. The highest BCUT2D eigenvalue weighted by molar-refractivity contribution is 6.30. The molecule has 2 aromatic carbocycles. The van der Waals surface area contributed by atoms with Crippen LogP contribution in [0.4, 0.5) is 5.69 Å². The van der Waals surface area contributed by atoms with Gasteiger partial charge in [-0.25, -0.2) is 4.52 Å². The van der Waals surface area contributed by atoms with E-state index in [-0.39, 0.29) is 0 Å². The first-order valence-corrected chi connectivity index (χ1v) is 10.5. The quantitative estimate of drug-likeness (QED) is 0.415. The highest BCUT2D eigenvalue weighted by Crippen LogP contribution is 2.37. The SMILES string of the molecule is Cc1cc(N[C@H]2CCc3ccccc32)c2cc(C)c(-c3ccc(Cl)cc3C)n2n1. The molecule has 1 atom stereocenters. The Balaban J connectivity index is 1.63. The van der Waals surface area contributed by atoms with E-state index in [0.29, 0.717) is 6.04 Å². The molecule has 146 valence electrons. The molecule has 2 heterocycles. The lowest BCUT2D eigenvalue weighted by molar-refractivity contribution is 0.760. The van der Waals surface area contributed by atoms with Gasteiger partial charge in [0.15, 0.2) is 0 Å². The number of benzene rings is 2. The number of hydrogen-bond acceptors (Lipinski definition) is 2. The van der Waals surface area contributed by atoms with Crippen molar-refractivity contribution < 1.29 is 0 Å². The first-order chi connectivity index (χ1) is 14.0. The van der Waals surface area contributed by atoms with Gasteiger partial charge in [-0.15, -0.1) is 0 Å². The molecular formula is C25H24ClN3. The van der Waals surface area contributed by atoms with E-state index in [1.165, 1.54) is 22.3 Å². The molecule has 2 aromatic heterocycles. The number of fused-ring (bicyclic) bond motifs is 2. The molecule has 3 nitrogen and oxygen atoms in total. The van der Waals surface area contributed by atoms with Crippen molar-refractivity contribution in [3.63, 3.8) is 0 Å². The van der Waals surface area contributed by atoms with E-state index >= 15 is 0 Å². The molecule has 1 aliphatic rings. The Hall–Kier alpha value is -2.78. The molecule has 0 unspecified atom stereocenters. The molecule has 4 heteroatoms. The minimum Gasteiger partial charge on any atom is -0.376 e. The van der Waals surface area contributed by atoms with Crippen molar-refractivity contribution in [2.45, 2.75) is 39.7 Å². The smallest absolute Gasteiger partial charge is 0.0888 e. The van der Waals surface area contributed by atoms with E-state index in [9.17, 15) is 0 Å². The molecule has 0 fully saturated rings. The van der Waals surface area contributed by atoms with Crippen LogP contribution >= 0.6 is 11.6 Å². The molecule has 0 spiro atoms. The van der Waals surface area contributed by atoms with E-state index < -0.39 is 0 Å². The van der Waals surface area contributed by atoms with Crippen LogP contribution in [0.3, 0.4) is 0 Å². The Bertz CT molecular complexity index is 1240. The van der Waals surface area contributed by atoms with Crippen LogP contribution in [0.15, 0.2) is 54.6 Å². The van der Waals surface area contributed by atoms with E-state index in [2.05, 4.69) is 73.1 Å². The van der Waals surface area contributed by atoms with E-state index in [0.717, 1.165) is 46.0 Å². The first-order valence-electron chi connectivity index (χ1n) is 10.1. The molecule has 29 heavy (non-hydrogen) atoms. The van der Waals surface area contributed by atoms with Crippen molar-refractivity contribution in [3.05, 3.63) is 87.6 Å². The van der Waals surface area contributed by atoms with Gasteiger partial charge >= 0.3 is 0 Å². The lowest BCUT2D eigenvalue weighted by Crippen LogP contribution is -2.09. The van der Waals surface area contributed by atoms with Crippen molar-refractivity contribution in [1.29, 1.82) is 0 Å². The van der Waals surface area contributed by atoms with Crippen LogP contribution in [-0.2, 0) is 6.42 Å². The molecule has 4 aromatic rings. The fraction of sp³-hybridized carbons (Fsp3) is 0.240. The Kier molecular flexibility index (Phi) is 4.36. The second-order valence-corrected chi connectivity index (χ2v) is 8.50. The third kappa shape index (κ3) is 3.10. The summed E-state index contributed by atoms with van der Waals surface area (Å²) in [6.45, 7) is 6.31. The van der Waals surface area contributed by atoms with Gasteiger partial charge in [-0.05, 0) is 80.1 Å². The average Bonchev–Trinajstić information content (AvgIpc) is 3.23. The molecule has 0 bridgehead atoms. The van der Waals surface area contributed by atoms with Crippen molar-refractivity contribution in [1.82, 2.24) is 9.61 Å². The zero-order valence-corrected chi connectivity index (χ0v) is 17.7. The number of aryl methyl sites for hydroxylation is 4. The molecule has 0 amide bonds. The van der Waals surface area contributed by atoms with Gasteiger partial charge in [-0.3, -0.25) is 0 Å². The maximum Gasteiger partial charge on any atom is 0.0888 e. The Morgan fingerprint density at radius 2 is 1.83 bits per heavy atom. The molecule has 0 aliphatic heterocycles.